The fraction of sp³-hybridized carbons (Fsp3) is 0.167. The van der Waals surface area contributed by atoms with Crippen molar-refractivity contribution >= 4 is 17.2 Å². The molecule has 0 aliphatic heterocycles. The van der Waals surface area contributed by atoms with Gasteiger partial charge in [0.05, 0.1) is 18.5 Å². The third kappa shape index (κ3) is 3.68. The number of ether oxygens (including phenoxy) is 1. The predicted molar refractivity (Wildman–Crippen MR) is 95.5 cm³/mol. The predicted octanol–water partition coefficient (Wildman–Crippen LogP) is 5.04. The lowest BCUT2D eigenvalue weighted by molar-refractivity contribution is -0.141. The first-order chi connectivity index (χ1) is 13.3. The maximum Gasteiger partial charge on any atom is 0.435 e. The van der Waals surface area contributed by atoms with Crippen molar-refractivity contribution in [2.24, 2.45) is 4.36 Å². The van der Waals surface area contributed by atoms with Crippen LogP contribution in [-0.2, 0) is 17.6 Å². The molecule has 0 N–H and O–H groups in total. The van der Waals surface area contributed by atoms with Gasteiger partial charge in [-0.1, -0.05) is 6.07 Å². The van der Waals surface area contributed by atoms with Crippen molar-refractivity contribution in [2.45, 2.75) is 13.1 Å². The Morgan fingerprint density at radius 1 is 1.14 bits per heavy atom. The van der Waals surface area contributed by atoms with Crippen LogP contribution in [0.1, 0.15) is 11.3 Å². The molecule has 0 radical (unpaired) electrons. The summed E-state index contributed by atoms with van der Waals surface area (Å²) in [6, 6.07) is 9.86. The van der Waals surface area contributed by atoms with E-state index in [9.17, 15) is 21.8 Å². The van der Waals surface area contributed by atoms with Gasteiger partial charge >= 0.3 is 6.18 Å². The van der Waals surface area contributed by atoms with Crippen molar-refractivity contribution < 1.29 is 26.5 Å². The summed E-state index contributed by atoms with van der Waals surface area (Å²) < 4.78 is 74.7. The van der Waals surface area contributed by atoms with Gasteiger partial charge in [0.15, 0.2) is 11.5 Å². The lowest BCUT2D eigenvalue weighted by Gasteiger charge is -2.12. The van der Waals surface area contributed by atoms with Crippen LogP contribution in [0, 0.1) is 12.7 Å². The minimum absolute atomic E-state index is 0.0607. The minimum Gasteiger partial charge on any atom is -0.497 e. The lowest BCUT2D eigenvalue weighted by Crippen LogP contribution is -2.08. The molecule has 2 aromatic carbocycles. The molecule has 0 saturated carbocycles. The van der Waals surface area contributed by atoms with E-state index in [2.05, 4.69) is 9.46 Å². The maximum absolute atomic E-state index is 14.5. The summed E-state index contributed by atoms with van der Waals surface area (Å²) in [7, 11) is 1.46. The van der Waals surface area contributed by atoms with Gasteiger partial charge in [-0.2, -0.15) is 26.8 Å². The van der Waals surface area contributed by atoms with E-state index < -0.39 is 17.7 Å². The quantitative estimate of drug-likeness (QED) is 0.565. The number of aryl methyl sites for hydroxylation is 1. The molecular weight excluding hydrogens is 398 g/mol. The van der Waals surface area contributed by atoms with Gasteiger partial charge in [0.25, 0.3) is 0 Å². The van der Waals surface area contributed by atoms with Gasteiger partial charge in [-0.25, -0.2) is 9.07 Å². The Hall–Kier alpha value is -3.01. The summed E-state index contributed by atoms with van der Waals surface area (Å²) in [5.74, 6) is -0.281. The summed E-state index contributed by atoms with van der Waals surface area (Å²) in [4.78, 5) is 0. The van der Waals surface area contributed by atoms with Gasteiger partial charge in [0.2, 0.25) is 11.5 Å². The summed E-state index contributed by atoms with van der Waals surface area (Å²) in [6.45, 7) is 1.46. The standard InChI is InChI=1S/C18H13F4N3O2S/c1-10-3-8-13(17(16(10)19)24-28-26)25-14(9-15(23-25)18(20,21)22)11-4-6-12(27-2)7-5-11/h3-9H,1-2H3. The average Bonchev–Trinajstić information content (AvgIpc) is 3.11. The van der Waals surface area contributed by atoms with E-state index in [0.29, 0.717) is 11.3 Å². The average molecular weight is 411 g/mol. The number of halogens is 4. The number of hydrogen-bond donors (Lipinski definition) is 0. The van der Waals surface area contributed by atoms with E-state index in [1.165, 1.54) is 26.2 Å². The summed E-state index contributed by atoms with van der Waals surface area (Å²) >= 11 is -0.239. The van der Waals surface area contributed by atoms with E-state index >= 15 is 0 Å². The van der Waals surface area contributed by atoms with E-state index in [1.807, 2.05) is 0 Å². The zero-order chi connectivity index (χ0) is 20.5. The normalized spacial score (nSPS) is 11.4. The first-order valence-corrected chi connectivity index (χ1v) is 8.57. The third-order valence-electron chi connectivity index (χ3n) is 4.03. The number of aromatic nitrogens is 2. The molecule has 0 atom stereocenters. The molecule has 0 amide bonds. The van der Waals surface area contributed by atoms with Crippen molar-refractivity contribution in [1.82, 2.24) is 9.78 Å². The highest BCUT2D eigenvalue weighted by molar-refractivity contribution is 7.54. The fourth-order valence-corrected chi connectivity index (χ4v) is 2.87. The first kappa shape index (κ1) is 19.7. The molecule has 1 aromatic heterocycles. The van der Waals surface area contributed by atoms with Crippen LogP contribution >= 0.6 is 0 Å². The van der Waals surface area contributed by atoms with E-state index in [-0.39, 0.29) is 34.1 Å². The van der Waals surface area contributed by atoms with Crippen LogP contribution < -0.4 is 4.74 Å². The van der Waals surface area contributed by atoms with Gasteiger partial charge in [0.1, 0.15) is 11.4 Å². The number of benzene rings is 2. The van der Waals surface area contributed by atoms with Crippen LogP contribution in [0.3, 0.4) is 0 Å². The molecule has 3 aromatic rings. The summed E-state index contributed by atoms with van der Waals surface area (Å²) in [6.07, 6.45) is -4.71. The Morgan fingerprint density at radius 3 is 2.39 bits per heavy atom. The number of rotatable bonds is 4. The van der Waals surface area contributed by atoms with Gasteiger partial charge in [-0.15, -0.1) is 0 Å². The van der Waals surface area contributed by atoms with Gasteiger partial charge < -0.3 is 4.74 Å². The molecule has 0 unspecified atom stereocenters. The summed E-state index contributed by atoms with van der Waals surface area (Å²) in [5.41, 5.74) is -0.943. The van der Waals surface area contributed by atoms with Gasteiger partial charge in [-0.3, -0.25) is 0 Å². The highest BCUT2D eigenvalue weighted by Gasteiger charge is 2.35. The van der Waals surface area contributed by atoms with Gasteiger partial charge in [-0.05, 0) is 48.9 Å². The highest BCUT2D eigenvalue weighted by atomic mass is 32.1. The van der Waals surface area contributed by atoms with Crippen LogP contribution in [0.5, 0.6) is 5.75 Å². The second-order valence-electron chi connectivity index (χ2n) is 5.78. The Balaban J connectivity index is 2.30. The van der Waals surface area contributed by atoms with Crippen LogP contribution in [0.2, 0.25) is 0 Å². The molecule has 0 aliphatic carbocycles. The zero-order valence-electron chi connectivity index (χ0n) is 14.6. The second kappa shape index (κ2) is 7.55. The first-order valence-electron chi connectivity index (χ1n) is 7.87. The van der Waals surface area contributed by atoms with Crippen molar-refractivity contribution in [1.29, 1.82) is 0 Å². The number of alkyl halides is 3. The fourth-order valence-electron chi connectivity index (χ4n) is 2.62. The monoisotopic (exact) mass is 411 g/mol. The van der Waals surface area contributed by atoms with E-state index in [0.717, 1.165) is 10.7 Å². The zero-order valence-corrected chi connectivity index (χ0v) is 15.4. The molecular formula is C18H13F4N3O2S. The highest BCUT2D eigenvalue weighted by Crippen LogP contribution is 2.37. The Kier molecular flexibility index (Phi) is 5.32. The topological polar surface area (TPSA) is 56.5 Å². The third-order valence-corrected chi connectivity index (χ3v) is 4.29. The second-order valence-corrected chi connectivity index (χ2v) is 6.11. The minimum atomic E-state index is -4.71. The van der Waals surface area contributed by atoms with Crippen molar-refractivity contribution in [3.05, 3.63) is 59.5 Å². The molecule has 0 spiro atoms. The maximum atomic E-state index is 14.5. The molecule has 0 saturated heterocycles. The van der Waals surface area contributed by atoms with Crippen LogP contribution in [-0.4, -0.2) is 21.1 Å². The number of nitrogens with zero attached hydrogens (tertiary/aromatic N) is 3. The molecule has 0 fully saturated rings. The molecule has 146 valence electrons. The molecule has 0 bridgehead atoms. The summed E-state index contributed by atoms with van der Waals surface area (Å²) in [5, 5.41) is 3.61. The van der Waals surface area contributed by atoms with E-state index in [4.69, 9.17) is 4.74 Å². The molecule has 1 heterocycles. The van der Waals surface area contributed by atoms with Crippen LogP contribution in [0.15, 0.2) is 46.8 Å². The van der Waals surface area contributed by atoms with Crippen molar-refractivity contribution in [3.8, 4) is 22.7 Å². The van der Waals surface area contributed by atoms with Crippen LogP contribution in [0.4, 0.5) is 23.2 Å². The Bertz CT molecular complexity index is 1070. The Morgan fingerprint density at radius 2 is 1.82 bits per heavy atom. The van der Waals surface area contributed by atoms with Gasteiger partial charge in [0, 0.05) is 5.56 Å². The van der Waals surface area contributed by atoms with Crippen LogP contribution in [0.25, 0.3) is 16.9 Å². The van der Waals surface area contributed by atoms with E-state index in [1.54, 1.807) is 24.3 Å². The number of hydrogen-bond acceptors (Lipinski definition) is 4. The SMILES string of the molecule is COc1ccc(-c2cc(C(F)(F)F)nn2-c2ccc(C)c(F)c2N=S=O)cc1. The lowest BCUT2D eigenvalue weighted by atomic mass is 10.1. The molecule has 0 aliphatic rings. The molecule has 3 rings (SSSR count). The molecule has 10 heteroatoms. The molecule has 5 nitrogen and oxygen atoms in total. The van der Waals surface area contributed by atoms with Crippen molar-refractivity contribution in [3.63, 3.8) is 0 Å². The smallest absolute Gasteiger partial charge is 0.435 e. The number of methoxy groups -OCH3 is 1. The largest absolute Gasteiger partial charge is 0.497 e. The Labute approximate surface area is 160 Å². The van der Waals surface area contributed by atoms with Crippen molar-refractivity contribution in [2.75, 3.05) is 7.11 Å². The molecule has 28 heavy (non-hydrogen) atoms.